The minimum absolute atomic E-state index is 0.247. The van der Waals surface area contributed by atoms with E-state index in [0.717, 1.165) is 5.56 Å². The van der Waals surface area contributed by atoms with Crippen LogP contribution in [0.2, 0.25) is 0 Å². The molecule has 0 spiro atoms. The smallest absolute Gasteiger partial charge is 0.262 e. The van der Waals surface area contributed by atoms with Crippen LogP contribution in [0.25, 0.3) is 0 Å². The van der Waals surface area contributed by atoms with Crippen LogP contribution < -0.4 is 10.5 Å². The van der Waals surface area contributed by atoms with Crippen LogP contribution >= 0.6 is 0 Å². The van der Waals surface area contributed by atoms with Crippen LogP contribution in [0.4, 0.5) is 5.69 Å². The van der Waals surface area contributed by atoms with Crippen molar-refractivity contribution in [2.24, 2.45) is 12.8 Å². The van der Waals surface area contributed by atoms with Crippen molar-refractivity contribution in [3.05, 3.63) is 41.2 Å². The zero-order valence-corrected chi connectivity index (χ0v) is 13.2. The Kier molecular flexibility index (Phi) is 4.34. The Morgan fingerprint density at radius 1 is 1.38 bits per heavy atom. The summed E-state index contributed by atoms with van der Waals surface area (Å²) in [4.78, 5) is 0.247. The maximum Gasteiger partial charge on any atom is 0.262 e. The van der Waals surface area contributed by atoms with Crippen molar-refractivity contribution in [1.82, 2.24) is 9.78 Å². The number of anilines is 1. The summed E-state index contributed by atoms with van der Waals surface area (Å²) >= 11 is 0. The SMILES string of the molecule is CCc1nn(C)cc1NS(=O)(=O)c1cc(CN)ccc1C. The zero-order chi connectivity index (χ0) is 15.6. The number of nitrogens with two attached hydrogens (primary N) is 1. The van der Waals surface area contributed by atoms with Crippen molar-refractivity contribution >= 4 is 15.7 Å². The molecule has 1 heterocycles. The highest BCUT2D eigenvalue weighted by molar-refractivity contribution is 7.92. The minimum atomic E-state index is -3.65. The van der Waals surface area contributed by atoms with Gasteiger partial charge in [0.1, 0.15) is 0 Å². The van der Waals surface area contributed by atoms with Crippen LogP contribution in [0.5, 0.6) is 0 Å². The van der Waals surface area contributed by atoms with E-state index in [1.807, 2.05) is 13.0 Å². The van der Waals surface area contributed by atoms with Crippen LogP contribution in [0.1, 0.15) is 23.7 Å². The molecule has 1 aromatic carbocycles. The highest BCUT2D eigenvalue weighted by Gasteiger charge is 2.20. The number of sulfonamides is 1. The molecule has 0 atom stereocenters. The predicted octanol–water partition coefficient (Wildman–Crippen LogP) is 1.55. The maximum atomic E-state index is 12.6. The van der Waals surface area contributed by atoms with Gasteiger partial charge in [0.05, 0.1) is 16.3 Å². The van der Waals surface area contributed by atoms with Gasteiger partial charge in [-0.2, -0.15) is 5.10 Å². The average Bonchev–Trinajstić information content (AvgIpc) is 2.78. The number of hydrogen-bond acceptors (Lipinski definition) is 4. The Bertz CT molecular complexity index is 750. The van der Waals surface area contributed by atoms with Crippen molar-refractivity contribution < 1.29 is 8.42 Å². The first-order chi connectivity index (χ1) is 9.87. The quantitative estimate of drug-likeness (QED) is 0.877. The minimum Gasteiger partial charge on any atom is -0.326 e. The van der Waals surface area contributed by atoms with E-state index in [0.29, 0.717) is 29.9 Å². The van der Waals surface area contributed by atoms with Gasteiger partial charge in [0.2, 0.25) is 0 Å². The van der Waals surface area contributed by atoms with Gasteiger partial charge in [0.25, 0.3) is 10.0 Å². The van der Waals surface area contributed by atoms with E-state index in [-0.39, 0.29) is 4.90 Å². The third kappa shape index (κ3) is 3.25. The summed E-state index contributed by atoms with van der Waals surface area (Å²) in [5, 5.41) is 4.23. The van der Waals surface area contributed by atoms with Crippen molar-refractivity contribution in [3.8, 4) is 0 Å². The van der Waals surface area contributed by atoms with Crippen LogP contribution in [-0.2, 0) is 30.0 Å². The van der Waals surface area contributed by atoms with Gasteiger partial charge in [-0.05, 0) is 30.5 Å². The van der Waals surface area contributed by atoms with Crippen LogP contribution in [0.15, 0.2) is 29.3 Å². The van der Waals surface area contributed by atoms with Gasteiger partial charge in [0, 0.05) is 19.8 Å². The molecule has 0 saturated carbocycles. The van der Waals surface area contributed by atoms with Crippen LogP contribution in [-0.4, -0.2) is 18.2 Å². The normalized spacial score (nSPS) is 11.6. The summed E-state index contributed by atoms with van der Waals surface area (Å²) in [5.74, 6) is 0. The van der Waals surface area contributed by atoms with E-state index in [2.05, 4.69) is 9.82 Å². The fourth-order valence-electron chi connectivity index (χ4n) is 2.14. The summed E-state index contributed by atoms with van der Waals surface area (Å²) in [6.07, 6.45) is 2.32. The van der Waals surface area contributed by atoms with E-state index >= 15 is 0 Å². The average molecular weight is 308 g/mol. The molecule has 0 unspecified atom stereocenters. The first kappa shape index (κ1) is 15.5. The first-order valence-corrected chi connectivity index (χ1v) is 8.20. The highest BCUT2D eigenvalue weighted by Crippen LogP contribution is 2.22. The second kappa shape index (κ2) is 5.87. The number of aryl methyl sites for hydroxylation is 3. The largest absolute Gasteiger partial charge is 0.326 e. The summed E-state index contributed by atoms with van der Waals surface area (Å²) in [7, 11) is -1.89. The third-order valence-corrected chi connectivity index (χ3v) is 4.77. The molecule has 0 aliphatic rings. The lowest BCUT2D eigenvalue weighted by atomic mass is 10.1. The van der Waals surface area contributed by atoms with Gasteiger partial charge in [-0.25, -0.2) is 8.42 Å². The van der Waals surface area contributed by atoms with Crippen molar-refractivity contribution in [2.75, 3.05) is 4.72 Å². The van der Waals surface area contributed by atoms with Gasteiger partial charge in [-0.1, -0.05) is 19.1 Å². The lowest BCUT2D eigenvalue weighted by Crippen LogP contribution is -2.15. The van der Waals surface area contributed by atoms with E-state index < -0.39 is 10.0 Å². The van der Waals surface area contributed by atoms with E-state index in [1.165, 1.54) is 0 Å². The Hall–Kier alpha value is -1.86. The molecular weight excluding hydrogens is 288 g/mol. The second-order valence-corrected chi connectivity index (χ2v) is 6.58. The van der Waals surface area contributed by atoms with Gasteiger partial charge in [-0.15, -0.1) is 0 Å². The number of benzene rings is 1. The molecule has 0 saturated heterocycles. The summed E-state index contributed by atoms with van der Waals surface area (Å²) in [6.45, 7) is 4.00. The van der Waals surface area contributed by atoms with Gasteiger partial charge in [0.15, 0.2) is 0 Å². The number of hydrogen-bond donors (Lipinski definition) is 2. The predicted molar refractivity (Wildman–Crippen MR) is 82.5 cm³/mol. The van der Waals surface area contributed by atoms with Crippen molar-refractivity contribution in [2.45, 2.75) is 31.7 Å². The molecule has 0 amide bonds. The summed E-state index contributed by atoms with van der Waals surface area (Å²) in [5.41, 5.74) is 8.28. The molecule has 0 aliphatic heterocycles. The fourth-order valence-corrected chi connectivity index (χ4v) is 3.51. The number of rotatable bonds is 5. The Balaban J connectivity index is 2.42. The molecule has 0 fully saturated rings. The molecule has 7 heteroatoms. The molecular formula is C14H20N4O2S. The van der Waals surface area contributed by atoms with E-state index in [4.69, 9.17) is 5.73 Å². The zero-order valence-electron chi connectivity index (χ0n) is 12.4. The molecule has 0 radical (unpaired) electrons. The van der Waals surface area contributed by atoms with E-state index in [1.54, 1.807) is 37.0 Å². The van der Waals surface area contributed by atoms with Gasteiger partial charge >= 0.3 is 0 Å². The second-order valence-electron chi connectivity index (χ2n) is 4.93. The molecule has 2 aromatic rings. The molecule has 6 nitrogen and oxygen atoms in total. The molecule has 2 rings (SSSR count). The van der Waals surface area contributed by atoms with Crippen LogP contribution in [0, 0.1) is 6.92 Å². The lowest BCUT2D eigenvalue weighted by Gasteiger charge is -2.11. The van der Waals surface area contributed by atoms with Crippen molar-refractivity contribution in [1.29, 1.82) is 0 Å². The number of nitrogens with zero attached hydrogens (tertiary/aromatic N) is 2. The summed E-state index contributed by atoms with van der Waals surface area (Å²) in [6, 6.07) is 5.20. The van der Waals surface area contributed by atoms with Crippen molar-refractivity contribution in [3.63, 3.8) is 0 Å². The fraction of sp³-hybridized carbons (Fsp3) is 0.357. The highest BCUT2D eigenvalue weighted by atomic mass is 32.2. The Morgan fingerprint density at radius 3 is 2.71 bits per heavy atom. The summed E-state index contributed by atoms with van der Waals surface area (Å²) < 4.78 is 29.4. The molecule has 3 N–H and O–H groups in total. The van der Waals surface area contributed by atoms with Crippen LogP contribution in [0.3, 0.4) is 0 Å². The Labute approximate surface area is 125 Å². The first-order valence-electron chi connectivity index (χ1n) is 6.72. The monoisotopic (exact) mass is 308 g/mol. The number of aromatic nitrogens is 2. The maximum absolute atomic E-state index is 12.6. The molecule has 1 aromatic heterocycles. The standard InChI is InChI=1S/C14H20N4O2S/c1-4-12-13(9-18(3)16-12)17-21(19,20)14-7-11(8-15)6-5-10(14)2/h5-7,9,17H,4,8,15H2,1-3H3. The number of nitrogens with one attached hydrogen (secondary N) is 1. The molecule has 0 aliphatic carbocycles. The molecule has 0 bridgehead atoms. The van der Waals surface area contributed by atoms with Gasteiger partial charge < -0.3 is 5.73 Å². The molecule has 21 heavy (non-hydrogen) atoms. The van der Waals surface area contributed by atoms with E-state index in [9.17, 15) is 8.42 Å². The third-order valence-electron chi connectivity index (χ3n) is 3.26. The topological polar surface area (TPSA) is 90.0 Å². The lowest BCUT2D eigenvalue weighted by molar-refractivity contribution is 0.600. The molecule has 114 valence electrons. The Morgan fingerprint density at radius 2 is 2.10 bits per heavy atom. The van der Waals surface area contributed by atoms with Gasteiger partial charge in [-0.3, -0.25) is 9.40 Å².